The third-order valence-corrected chi connectivity index (χ3v) is 4.67. The smallest absolute Gasteiger partial charge is 0.0733 e. The highest BCUT2D eigenvalue weighted by Gasteiger charge is 2.40. The summed E-state index contributed by atoms with van der Waals surface area (Å²) in [6, 6.07) is 9.71. The molecule has 1 aliphatic carbocycles. The Bertz CT molecular complexity index is 440. The maximum atomic E-state index is 5.88. The van der Waals surface area contributed by atoms with Crippen molar-refractivity contribution >= 4 is 0 Å². The molecule has 0 aromatic heterocycles. The molecule has 18 heavy (non-hydrogen) atoms. The zero-order valence-corrected chi connectivity index (χ0v) is 10.8. The molecule has 2 heteroatoms. The zero-order chi connectivity index (χ0) is 11.9. The summed E-state index contributed by atoms with van der Waals surface area (Å²) in [4.78, 5) is 0. The van der Waals surface area contributed by atoms with Crippen LogP contribution in [0.1, 0.15) is 49.1 Å². The second kappa shape index (κ2) is 4.36. The molecule has 0 amide bonds. The molecule has 1 aromatic carbocycles. The molecule has 2 aliphatic heterocycles. The Morgan fingerprint density at radius 1 is 1.17 bits per heavy atom. The lowest BCUT2D eigenvalue weighted by Gasteiger charge is -2.20. The lowest BCUT2D eigenvalue weighted by Crippen LogP contribution is -2.36. The van der Waals surface area contributed by atoms with Gasteiger partial charge in [0.15, 0.2) is 0 Å². The number of benzene rings is 1. The molecule has 3 atom stereocenters. The van der Waals surface area contributed by atoms with E-state index in [1.807, 2.05) is 0 Å². The van der Waals surface area contributed by atoms with Crippen molar-refractivity contribution in [3.05, 3.63) is 35.4 Å². The van der Waals surface area contributed by atoms with E-state index in [1.165, 1.54) is 37.7 Å². The molecule has 0 spiro atoms. The van der Waals surface area contributed by atoms with E-state index in [1.54, 1.807) is 5.56 Å². The van der Waals surface area contributed by atoms with Gasteiger partial charge in [-0.15, -0.1) is 0 Å². The van der Waals surface area contributed by atoms with E-state index in [0.717, 1.165) is 12.5 Å². The molecule has 2 saturated heterocycles. The fourth-order valence-electron chi connectivity index (χ4n) is 3.48. The average Bonchev–Trinajstić information content (AvgIpc) is 3.06. The van der Waals surface area contributed by atoms with Gasteiger partial charge in [-0.25, -0.2) is 0 Å². The molecule has 3 unspecified atom stereocenters. The van der Waals surface area contributed by atoms with Crippen molar-refractivity contribution in [2.45, 2.75) is 62.8 Å². The molecule has 4 rings (SSSR count). The van der Waals surface area contributed by atoms with Crippen LogP contribution < -0.4 is 5.32 Å². The molecule has 2 nitrogen and oxygen atoms in total. The summed E-state index contributed by atoms with van der Waals surface area (Å²) in [6.45, 7) is 0.998. The van der Waals surface area contributed by atoms with Gasteiger partial charge in [0.05, 0.1) is 12.2 Å². The number of fused-ring (bicyclic) bond motifs is 2. The number of hydrogen-bond donors (Lipinski definition) is 1. The minimum absolute atomic E-state index is 0.488. The van der Waals surface area contributed by atoms with Crippen LogP contribution in [-0.4, -0.2) is 18.2 Å². The van der Waals surface area contributed by atoms with E-state index in [0.29, 0.717) is 18.2 Å². The average molecular weight is 243 g/mol. The van der Waals surface area contributed by atoms with Crippen LogP contribution in [-0.2, 0) is 11.3 Å². The maximum Gasteiger partial charge on any atom is 0.0733 e. The van der Waals surface area contributed by atoms with Gasteiger partial charge in [0.1, 0.15) is 0 Å². The molecule has 96 valence electrons. The van der Waals surface area contributed by atoms with Gasteiger partial charge in [-0.2, -0.15) is 0 Å². The molecule has 2 heterocycles. The van der Waals surface area contributed by atoms with Crippen LogP contribution in [0.15, 0.2) is 24.3 Å². The molecule has 0 radical (unpaired) electrons. The molecule has 3 fully saturated rings. The van der Waals surface area contributed by atoms with E-state index in [9.17, 15) is 0 Å². The molecule has 1 N–H and O–H groups in total. The van der Waals surface area contributed by atoms with E-state index in [4.69, 9.17) is 4.74 Å². The second-order valence-electron chi connectivity index (χ2n) is 6.12. The van der Waals surface area contributed by atoms with Gasteiger partial charge in [0.2, 0.25) is 0 Å². The van der Waals surface area contributed by atoms with Crippen molar-refractivity contribution in [1.29, 1.82) is 0 Å². The van der Waals surface area contributed by atoms with Gasteiger partial charge in [-0.05, 0) is 49.1 Å². The van der Waals surface area contributed by atoms with Crippen LogP contribution in [0.2, 0.25) is 0 Å². The van der Waals surface area contributed by atoms with Crippen molar-refractivity contribution in [3.8, 4) is 0 Å². The molecular weight excluding hydrogens is 222 g/mol. The van der Waals surface area contributed by atoms with Gasteiger partial charge in [-0.1, -0.05) is 24.3 Å². The third-order valence-electron chi connectivity index (χ3n) is 4.67. The summed E-state index contributed by atoms with van der Waals surface area (Å²) in [6.07, 6.45) is 7.55. The predicted octanol–water partition coefficient (Wildman–Crippen LogP) is 2.97. The Balaban J connectivity index is 1.38. The van der Waals surface area contributed by atoms with E-state index in [2.05, 4.69) is 29.6 Å². The Hall–Kier alpha value is -0.860. The summed E-state index contributed by atoms with van der Waals surface area (Å²) < 4.78 is 5.88. The first kappa shape index (κ1) is 11.0. The quantitative estimate of drug-likeness (QED) is 0.878. The highest BCUT2D eigenvalue weighted by atomic mass is 16.5. The van der Waals surface area contributed by atoms with E-state index >= 15 is 0 Å². The topological polar surface area (TPSA) is 21.3 Å². The highest BCUT2D eigenvalue weighted by molar-refractivity contribution is 5.29. The Labute approximate surface area is 109 Å². The van der Waals surface area contributed by atoms with Gasteiger partial charge >= 0.3 is 0 Å². The first-order chi connectivity index (χ1) is 8.88. The molecule has 1 saturated carbocycles. The van der Waals surface area contributed by atoms with Gasteiger partial charge in [0, 0.05) is 12.6 Å². The summed E-state index contributed by atoms with van der Waals surface area (Å²) in [7, 11) is 0. The summed E-state index contributed by atoms with van der Waals surface area (Å²) in [5.74, 6) is 0.857. The van der Waals surface area contributed by atoms with Crippen LogP contribution in [0, 0.1) is 0 Å². The molecular formula is C16H21NO. The van der Waals surface area contributed by atoms with Crippen molar-refractivity contribution < 1.29 is 4.74 Å². The zero-order valence-electron chi connectivity index (χ0n) is 10.8. The summed E-state index contributed by atoms with van der Waals surface area (Å²) in [5, 5.41) is 3.69. The standard InChI is InChI=1S/C16H21NO/c1-2-11(8-13(3-1)12-4-5-12)10-17-15-9-14-6-7-16(15)18-14/h1-3,8,12,14-17H,4-7,9-10H2. The molecule has 1 aromatic rings. The third kappa shape index (κ3) is 2.08. The first-order valence-electron chi connectivity index (χ1n) is 7.36. The van der Waals surface area contributed by atoms with Gasteiger partial charge in [0.25, 0.3) is 0 Å². The summed E-state index contributed by atoms with van der Waals surface area (Å²) >= 11 is 0. The van der Waals surface area contributed by atoms with Crippen molar-refractivity contribution in [2.75, 3.05) is 0 Å². The van der Waals surface area contributed by atoms with Crippen molar-refractivity contribution in [2.24, 2.45) is 0 Å². The van der Waals surface area contributed by atoms with Gasteiger partial charge < -0.3 is 10.1 Å². The lowest BCUT2D eigenvalue weighted by molar-refractivity contribution is 0.0973. The lowest BCUT2D eigenvalue weighted by atomic mass is 9.95. The molecule has 2 bridgehead atoms. The SMILES string of the molecule is c1cc(CNC2CC3CCC2O3)cc(C2CC2)c1. The number of nitrogens with one attached hydrogen (secondary N) is 1. The molecule has 3 aliphatic rings. The van der Waals surface area contributed by atoms with Crippen molar-refractivity contribution in [3.63, 3.8) is 0 Å². The largest absolute Gasteiger partial charge is 0.373 e. The second-order valence-corrected chi connectivity index (χ2v) is 6.12. The van der Waals surface area contributed by atoms with E-state index < -0.39 is 0 Å². The fourth-order valence-corrected chi connectivity index (χ4v) is 3.48. The Kier molecular flexibility index (Phi) is 2.66. The van der Waals surface area contributed by atoms with Crippen LogP contribution >= 0.6 is 0 Å². The predicted molar refractivity (Wildman–Crippen MR) is 71.6 cm³/mol. The maximum absolute atomic E-state index is 5.88. The van der Waals surface area contributed by atoms with Crippen LogP contribution in [0.3, 0.4) is 0 Å². The Morgan fingerprint density at radius 2 is 2.11 bits per heavy atom. The number of rotatable bonds is 4. The monoisotopic (exact) mass is 243 g/mol. The van der Waals surface area contributed by atoms with E-state index in [-0.39, 0.29) is 0 Å². The van der Waals surface area contributed by atoms with Crippen LogP contribution in [0.4, 0.5) is 0 Å². The summed E-state index contributed by atoms with van der Waals surface area (Å²) in [5.41, 5.74) is 2.97. The minimum Gasteiger partial charge on any atom is -0.373 e. The highest BCUT2D eigenvalue weighted by Crippen LogP contribution is 2.40. The van der Waals surface area contributed by atoms with Crippen LogP contribution in [0.5, 0.6) is 0 Å². The number of hydrogen-bond acceptors (Lipinski definition) is 2. The van der Waals surface area contributed by atoms with Gasteiger partial charge in [-0.3, -0.25) is 0 Å². The Morgan fingerprint density at radius 3 is 2.83 bits per heavy atom. The first-order valence-corrected chi connectivity index (χ1v) is 7.36. The van der Waals surface area contributed by atoms with Crippen LogP contribution in [0.25, 0.3) is 0 Å². The minimum atomic E-state index is 0.488. The van der Waals surface area contributed by atoms with Crippen molar-refractivity contribution in [1.82, 2.24) is 5.32 Å². The normalized spacial score (nSPS) is 34.1. The fraction of sp³-hybridized carbons (Fsp3) is 0.625. The number of ether oxygens (including phenoxy) is 1.